The lowest BCUT2D eigenvalue weighted by atomic mass is 10.1. The molecule has 0 spiro atoms. The summed E-state index contributed by atoms with van der Waals surface area (Å²) in [7, 11) is 0. The molecule has 0 aliphatic heterocycles. The first kappa shape index (κ1) is 9.75. The summed E-state index contributed by atoms with van der Waals surface area (Å²) >= 11 is 0. The van der Waals surface area contributed by atoms with Gasteiger partial charge < -0.3 is 9.67 Å². The van der Waals surface area contributed by atoms with Gasteiger partial charge in [-0.1, -0.05) is 25.1 Å². The first-order valence-electron chi connectivity index (χ1n) is 4.91. The Morgan fingerprint density at radius 1 is 1.40 bits per heavy atom. The summed E-state index contributed by atoms with van der Waals surface area (Å²) in [5, 5.41) is 20.1. The Balaban J connectivity index is 2.68. The van der Waals surface area contributed by atoms with E-state index < -0.39 is 5.72 Å². The van der Waals surface area contributed by atoms with Gasteiger partial charge in [0.25, 0.3) is 0 Å². The molecule has 0 bridgehead atoms. The molecule has 76 valence electrons. The molecule has 1 unspecified atom stereocenters. The summed E-state index contributed by atoms with van der Waals surface area (Å²) < 4.78 is 1.61. The number of benzene rings is 1. The van der Waals surface area contributed by atoms with Crippen LogP contribution in [0.1, 0.15) is 13.3 Å². The van der Waals surface area contributed by atoms with Crippen molar-refractivity contribution in [3.8, 4) is 6.07 Å². The van der Waals surface area contributed by atoms with Gasteiger partial charge in [-0.25, -0.2) is 0 Å². The van der Waals surface area contributed by atoms with Crippen LogP contribution in [0.2, 0.25) is 0 Å². The maximum absolute atomic E-state index is 10.1. The van der Waals surface area contributed by atoms with E-state index in [1.807, 2.05) is 36.4 Å². The highest BCUT2D eigenvalue weighted by Gasteiger charge is 2.27. The minimum Gasteiger partial charge on any atom is -0.359 e. The van der Waals surface area contributed by atoms with E-state index in [9.17, 15) is 5.11 Å². The Morgan fingerprint density at radius 3 is 2.80 bits per heavy atom. The van der Waals surface area contributed by atoms with Crippen molar-refractivity contribution >= 4 is 10.9 Å². The van der Waals surface area contributed by atoms with E-state index in [4.69, 9.17) is 5.26 Å². The maximum Gasteiger partial charge on any atom is 0.231 e. The average molecular weight is 200 g/mol. The molecular weight excluding hydrogens is 188 g/mol. The Bertz CT molecular complexity index is 524. The normalized spacial score (nSPS) is 14.7. The lowest BCUT2D eigenvalue weighted by Gasteiger charge is -2.21. The number of nitriles is 1. The van der Waals surface area contributed by atoms with Crippen LogP contribution in [0.25, 0.3) is 10.9 Å². The fourth-order valence-corrected chi connectivity index (χ4v) is 1.71. The molecular formula is C12H12N2O. The largest absolute Gasteiger partial charge is 0.359 e. The zero-order chi connectivity index (χ0) is 10.9. The van der Waals surface area contributed by atoms with Crippen LogP contribution in [-0.2, 0) is 5.72 Å². The summed E-state index contributed by atoms with van der Waals surface area (Å²) in [6, 6.07) is 11.5. The van der Waals surface area contributed by atoms with Crippen LogP contribution in [0.15, 0.2) is 36.5 Å². The van der Waals surface area contributed by atoms with Crippen LogP contribution in [-0.4, -0.2) is 9.67 Å². The molecule has 1 N–H and O–H groups in total. The second-order valence-electron chi connectivity index (χ2n) is 3.53. The molecule has 1 heterocycles. The molecule has 3 heteroatoms. The second-order valence-corrected chi connectivity index (χ2v) is 3.53. The van der Waals surface area contributed by atoms with Gasteiger partial charge in [0.1, 0.15) is 6.07 Å². The summed E-state index contributed by atoms with van der Waals surface area (Å²) in [6.45, 7) is 1.79. The van der Waals surface area contributed by atoms with Gasteiger partial charge in [0.2, 0.25) is 5.72 Å². The lowest BCUT2D eigenvalue weighted by Crippen LogP contribution is -2.29. The summed E-state index contributed by atoms with van der Waals surface area (Å²) in [4.78, 5) is 0. The number of hydrogen-bond acceptors (Lipinski definition) is 2. The molecule has 1 aromatic carbocycles. The predicted octanol–water partition coefficient (Wildman–Crippen LogP) is 2.22. The standard InChI is InChI=1S/C12H12N2O/c1-2-12(15,9-13)14-8-7-10-5-3-4-6-11(10)14/h3-8,15H,2H2,1H3. The smallest absolute Gasteiger partial charge is 0.231 e. The van der Waals surface area contributed by atoms with E-state index in [0.717, 1.165) is 10.9 Å². The van der Waals surface area contributed by atoms with Gasteiger partial charge in [-0.05, 0) is 17.5 Å². The fourth-order valence-electron chi connectivity index (χ4n) is 1.71. The van der Waals surface area contributed by atoms with Gasteiger partial charge in [0.05, 0.1) is 5.52 Å². The van der Waals surface area contributed by atoms with Crippen molar-refractivity contribution in [2.45, 2.75) is 19.1 Å². The number of hydrogen-bond donors (Lipinski definition) is 1. The second kappa shape index (κ2) is 3.41. The average Bonchev–Trinajstić information content (AvgIpc) is 2.72. The lowest BCUT2D eigenvalue weighted by molar-refractivity contribution is 0.0225. The molecule has 3 nitrogen and oxygen atoms in total. The van der Waals surface area contributed by atoms with E-state index in [-0.39, 0.29) is 0 Å². The Kier molecular flexibility index (Phi) is 2.22. The molecule has 15 heavy (non-hydrogen) atoms. The van der Waals surface area contributed by atoms with Crippen molar-refractivity contribution in [2.24, 2.45) is 0 Å². The monoisotopic (exact) mass is 200 g/mol. The van der Waals surface area contributed by atoms with Gasteiger partial charge in [0.15, 0.2) is 0 Å². The first-order valence-corrected chi connectivity index (χ1v) is 4.91. The minimum atomic E-state index is -1.44. The zero-order valence-corrected chi connectivity index (χ0v) is 8.51. The third kappa shape index (κ3) is 1.39. The van der Waals surface area contributed by atoms with Crippen LogP contribution >= 0.6 is 0 Å². The van der Waals surface area contributed by atoms with Crippen molar-refractivity contribution < 1.29 is 5.11 Å². The Hall–Kier alpha value is -1.79. The van der Waals surface area contributed by atoms with E-state index in [2.05, 4.69) is 0 Å². The van der Waals surface area contributed by atoms with Crippen molar-refractivity contribution in [2.75, 3.05) is 0 Å². The number of para-hydroxylation sites is 1. The summed E-state index contributed by atoms with van der Waals surface area (Å²) in [5.41, 5.74) is -0.563. The Morgan fingerprint density at radius 2 is 2.13 bits per heavy atom. The molecule has 2 aromatic rings. The maximum atomic E-state index is 10.1. The molecule has 0 aliphatic rings. The highest BCUT2D eigenvalue weighted by Crippen LogP contribution is 2.24. The SMILES string of the molecule is CCC(O)(C#N)n1ccc2ccccc21. The molecule has 1 atom stereocenters. The third-order valence-electron chi connectivity index (χ3n) is 2.67. The van der Waals surface area contributed by atoms with Crippen LogP contribution in [0, 0.1) is 11.3 Å². The van der Waals surface area contributed by atoms with E-state index in [1.165, 1.54) is 0 Å². The molecule has 0 fully saturated rings. The highest BCUT2D eigenvalue weighted by molar-refractivity contribution is 5.80. The van der Waals surface area contributed by atoms with E-state index in [1.54, 1.807) is 17.7 Å². The molecule has 0 radical (unpaired) electrons. The fraction of sp³-hybridized carbons (Fsp3) is 0.250. The number of aliphatic hydroxyl groups is 1. The number of rotatable bonds is 2. The third-order valence-corrected chi connectivity index (χ3v) is 2.67. The Labute approximate surface area is 88.2 Å². The summed E-state index contributed by atoms with van der Waals surface area (Å²) in [6.07, 6.45) is 2.11. The number of nitrogens with zero attached hydrogens (tertiary/aromatic N) is 2. The number of aromatic nitrogens is 1. The van der Waals surface area contributed by atoms with Crippen molar-refractivity contribution in [3.05, 3.63) is 36.5 Å². The zero-order valence-electron chi connectivity index (χ0n) is 8.51. The van der Waals surface area contributed by atoms with Gasteiger partial charge in [0, 0.05) is 12.6 Å². The minimum absolute atomic E-state index is 0.363. The molecule has 0 saturated carbocycles. The number of fused-ring (bicyclic) bond motifs is 1. The van der Waals surface area contributed by atoms with Crippen LogP contribution < -0.4 is 0 Å². The highest BCUT2D eigenvalue weighted by atomic mass is 16.3. The van der Waals surface area contributed by atoms with Gasteiger partial charge in [-0.2, -0.15) is 5.26 Å². The molecule has 0 amide bonds. The first-order chi connectivity index (χ1) is 7.21. The van der Waals surface area contributed by atoms with Gasteiger partial charge in [-0.3, -0.25) is 0 Å². The molecule has 2 rings (SSSR count). The van der Waals surface area contributed by atoms with Crippen molar-refractivity contribution in [1.29, 1.82) is 5.26 Å². The van der Waals surface area contributed by atoms with E-state index in [0.29, 0.717) is 6.42 Å². The van der Waals surface area contributed by atoms with Crippen molar-refractivity contribution in [3.63, 3.8) is 0 Å². The topological polar surface area (TPSA) is 48.9 Å². The van der Waals surface area contributed by atoms with Gasteiger partial charge >= 0.3 is 0 Å². The van der Waals surface area contributed by atoms with Gasteiger partial charge in [-0.15, -0.1) is 0 Å². The van der Waals surface area contributed by atoms with Crippen LogP contribution in [0.3, 0.4) is 0 Å². The predicted molar refractivity (Wildman–Crippen MR) is 58.0 cm³/mol. The molecule has 1 aromatic heterocycles. The molecule has 0 aliphatic carbocycles. The van der Waals surface area contributed by atoms with Crippen molar-refractivity contribution in [1.82, 2.24) is 4.57 Å². The van der Waals surface area contributed by atoms with Crippen LogP contribution in [0.5, 0.6) is 0 Å². The quantitative estimate of drug-likeness (QED) is 0.755. The van der Waals surface area contributed by atoms with Crippen LogP contribution in [0.4, 0.5) is 0 Å². The van der Waals surface area contributed by atoms with E-state index >= 15 is 0 Å². The molecule has 0 saturated heterocycles. The summed E-state index contributed by atoms with van der Waals surface area (Å²) in [5.74, 6) is 0.